The van der Waals surface area contributed by atoms with Crippen molar-refractivity contribution in [1.29, 1.82) is 0 Å². The molecule has 12 heteroatoms. The van der Waals surface area contributed by atoms with E-state index in [4.69, 9.17) is 5.10 Å². The highest BCUT2D eigenvalue weighted by molar-refractivity contribution is 5.74. The number of anilines is 1. The molecule has 4 heterocycles. The summed E-state index contributed by atoms with van der Waals surface area (Å²) in [7, 11) is 0. The first kappa shape index (κ1) is 33.5. The first-order valence-corrected chi connectivity index (χ1v) is 16.9. The number of piperazine rings is 2. The molecule has 1 amide bonds. The second-order valence-corrected chi connectivity index (χ2v) is 13.0. The average Bonchev–Trinajstić information content (AvgIpc) is 3.43. The van der Waals surface area contributed by atoms with Gasteiger partial charge >= 0.3 is 6.18 Å². The van der Waals surface area contributed by atoms with E-state index in [1.807, 2.05) is 0 Å². The van der Waals surface area contributed by atoms with Crippen molar-refractivity contribution in [3.63, 3.8) is 0 Å². The SMILES string of the molecule is CC(=O)N1CCc2c(c(-c3ccc(C(F)(F)F)cc3)nn2CC(CN2CCN(c3ccccc3C)CC2)NCCN2CCNCC2)C1. The minimum absolute atomic E-state index is 0.0148. The highest BCUT2D eigenvalue weighted by Crippen LogP contribution is 2.34. The van der Waals surface area contributed by atoms with E-state index in [9.17, 15) is 18.0 Å². The Hall–Kier alpha value is -3.45. The fraction of sp³-hybridized carbons (Fsp3) is 0.543. The van der Waals surface area contributed by atoms with Gasteiger partial charge in [0.15, 0.2) is 0 Å². The largest absolute Gasteiger partial charge is 0.416 e. The molecule has 1 unspecified atom stereocenters. The number of aromatic nitrogens is 2. The van der Waals surface area contributed by atoms with Crippen LogP contribution in [-0.2, 0) is 30.5 Å². The summed E-state index contributed by atoms with van der Waals surface area (Å²) in [6.07, 6.45) is -3.75. The Balaban J connectivity index is 1.21. The molecule has 0 spiro atoms. The summed E-state index contributed by atoms with van der Waals surface area (Å²) in [5.74, 6) is -0.0148. The van der Waals surface area contributed by atoms with Crippen molar-refractivity contribution in [1.82, 2.24) is 35.1 Å². The van der Waals surface area contributed by atoms with E-state index in [1.165, 1.54) is 23.4 Å². The molecule has 2 fully saturated rings. The normalized spacial score (nSPS) is 18.7. The van der Waals surface area contributed by atoms with E-state index >= 15 is 0 Å². The van der Waals surface area contributed by atoms with Crippen molar-refractivity contribution in [2.24, 2.45) is 0 Å². The Kier molecular flexibility index (Phi) is 10.5. The van der Waals surface area contributed by atoms with Crippen LogP contribution in [0.15, 0.2) is 48.5 Å². The van der Waals surface area contributed by atoms with E-state index in [0.29, 0.717) is 37.3 Å². The molecular formula is C35H47F3N8O. The number of amides is 1. The molecule has 2 N–H and O–H groups in total. The summed E-state index contributed by atoms with van der Waals surface area (Å²) in [5.41, 5.74) is 5.20. The third kappa shape index (κ3) is 8.17. The number of aryl methyl sites for hydroxylation is 1. The summed E-state index contributed by atoms with van der Waals surface area (Å²) in [6.45, 7) is 16.1. The van der Waals surface area contributed by atoms with Crippen LogP contribution in [0.5, 0.6) is 0 Å². The molecule has 3 aliphatic rings. The highest BCUT2D eigenvalue weighted by Gasteiger charge is 2.32. The van der Waals surface area contributed by atoms with Crippen LogP contribution >= 0.6 is 0 Å². The zero-order valence-corrected chi connectivity index (χ0v) is 27.5. The second kappa shape index (κ2) is 14.8. The van der Waals surface area contributed by atoms with Gasteiger partial charge in [0.2, 0.25) is 5.91 Å². The van der Waals surface area contributed by atoms with Gasteiger partial charge in [-0.15, -0.1) is 0 Å². The molecule has 0 saturated carbocycles. The quantitative estimate of drug-likeness (QED) is 0.348. The lowest BCUT2D eigenvalue weighted by molar-refractivity contribution is -0.137. The molecular weight excluding hydrogens is 605 g/mol. The average molecular weight is 653 g/mol. The fourth-order valence-corrected chi connectivity index (χ4v) is 7.12. The minimum atomic E-state index is -4.41. The Morgan fingerprint density at radius 2 is 1.66 bits per heavy atom. The summed E-state index contributed by atoms with van der Waals surface area (Å²) in [5, 5.41) is 12.3. The predicted octanol–water partition coefficient (Wildman–Crippen LogP) is 3.47. The summed E-state index contributed by atoms with van der Waals surface area (Å²) in [4.78, 5) is 21.6. The smallest absolute Gasteiger partial charge is 0.369 e. The maximum Gasteiger partial charge on any atom is 0.416 e. The van der Waals surface area contributed by atoms with Crippen LogP contribution in [0.2, 0.25) is 0 Å². The van der Waals surface area contributed by atoms with Gasteiger partial charge in [0.05, 0.1) is 17.8 Å². The van der Waals surface area contributed by atoms with E-state index in [0.717, 1.165) is 95.4 Å². The molecule has 0 radical (unpaired) electrons. The molecule has 1 aromatic heterocycles. The van der Waals surface area contributed by atoms with Crippen molar-refractivity contribution >= 4 is 11.6 Å². The lowest BCUT2D eigenvalue weighted by Gasteiger charge is -2.38. The van der Waals surface area contributed by atoms with Crippen molar-refractivity contribution in [3.05, 3.63) is 70.9 Å². The minimum Gasteiger partial charge on any atom is -0.369 e. The van der Waals surface area contributed by atoms with Crippen molar-refractivity contribution in [3.8, 4) is 11.3 Å². The third-order valence-corrected chi connectivity index (χ3v) is 9.84. The number of fused-ring (bicyclic) bond motifs is 1. The molecule has 254 valence electrons. The van der Waals surface area contributed by atoms with Crippen LogP contribution in [0.3, 0.4) is 0 Å². The molecule has 0 bridgehead atoms. The number of nitrogens with zero attached hydrogens (tertiary/aromatic N) is 6. The summed E-state index contributed by atoms with van der Waals surface area (Å²) >= 11 is 0. The maximum atomic E-state index is 13.3. The first-order chi connectivity index (χ1) is 22.7. The molecule has 2 saturated heterocycles. The standard InChI is InChI=1S/C35H47F3N8O/c1-26-5-3-4-6-32(26)44-21-19-43(20-22-44)23-30(40-14-18-42-16-12-39-13-17-42)24-46-33-11-15-45(27(2)47)25-31(33)34(41-46)28-7-9-29(10-8-28)35(36,37)38/h3-10,30,39-40H,11-25H2,1-2H3. The molecule has 6 rings (SSSR count). The molecule has 47 heavy (non-hydrogen) atoms. The van der Waals surface area contributed by atoms with E-state index in [2.05, 4.69) is 61.2 Å². The number of carbonyl (C=O) groups excluding carboxylic acids is 1. The van der Waals surface area contributed by atoms with Gasteiger partial charge in [-0.25, -0.2) is 0 Å². The van der Waals surface area contributed by atoms with Gasteiger partial charge in [-0.3, -0.25) is 19.3 Å². The number of carbonyl (C=O) groups is 1. The predicted molar refractivity (Wildman–Crippen MR) is 178 cm³/mol. The number of hydrogen-bond acceptors (Lipinski definition) is 7. The van der Waals surface area contributed by atoms with Crippen molar-refractivity contribution < 1.29 is 18.0 Å². The number of rotatable bonds is 10. The lowest BCUT2D eigenvalue weighted by Crippen LogP contribution is -2.53. The maximum absolute atomic E-state index is 13.3. The lowest BCUT2D eigenvalue weighted by atomic mass is 10.00. The zero-order valence-electron chi connectivity index (χ0n) is 27.5. The number of nitrogens with one attached hydrogen (secondary N) is 2. The van der Waals surface area contributed by atoms with Gasteiger partial charge in [-0.2, -0.15) is 18.3 Å². The van der Waals surface area contributed by atoms with Crippen LogP contribution in [0, 0.1) is 6.92 Å². The molecule has 9 nitrogen and oxygen atoms in total. The van der Waals surface area contributed by atoms with E-state index in [1.54, 1.807) is 11.8 Å². The van der Waals surface area contributed by atoms with E-state index < -0.39 is 11.7 Å². The van der Waals surface area contributed by atoms with Crippen molar-refractivity contribution in [2.75, 3.05) is 83.4 Å². The molecule has 2 aromatic carbocycles. The Morgan fingerprint density at radius 1 is 0.936 bits per heavy atom. The molecule has 3 aromatic rings. The zero-order chi connectivity index (χ0) is 33.0. The molecule has 3 aliphatic heterocycles. The molecule has 0 aliphatic carbocycles. The van der Waals surface area contributed by atoms with Crippen LogP contribution in [0.25, 0.3) is 11.3 Å². The van der Waals surface area contributed by atoms with E-state index in [-0.39, 0.29) is 11.9 Å². The van der Waals surface area contributed by atoms with Crippen LogP contribution in [0.1, 0.15) is 29.3 Å². The van der Waals surface area contributed by atoms with Gasteiger partial charge in [-0.1, -0.05) is 30.3 Å². The number of halogens is 3. The van der Waals surface area contributed by atoms with Gasteiger partial charge in [0.25, 0.3) is 0 Å². The number of benzene rings is 2. The van der Waals surface area contributed by atoms with Gasteiger partial charge < -0.3 is 20.4 Å². The van der Waals surface area contributed by atoms with Gasteiger partial charge in [-0.05, 0) is 30.7 Å². The van der Waals surface area contributed by atoms with Gasteiger partial charge in [0.1, 0.15) is 0 Å². The summed E-state index contributed by atoms with van der Waals surface area (Å²) < 4.78 is 42.1. The first-order valence-electron chi connectivity index (χ1n) is 16.9. The fourth-order valence-electron chi connectivity index (χ4n) is 7.12. The summed E-state index contributed by atoms with van der Waals surface area (Å²) in [6, 6.07) is 13.9. The Bertz CT molecular complexity index is 1490. The second-order valence-electron chi connectivity index (χ2n) is 13.0. The number of hydrogen-bond donors (Lipinski definition) is 2. The third-order valence-electron chi connectivity index (χ3n) is 9.84. The van der Waals surface area contributed by atoms with Gasteiger partial charge in [0, 0.05) is 127 Å². The van der Waals surface area contributed by atoms with Crippen LogP contribution in [0.4, 0.5) is 18.9 Å². The highest BCUT2D eigenvalue weighted by atomic mass is 19.4. The number of alkyl halides is 3. The van der Waals surface area contributed by atoms with Crippen LogP contribution < -0.4 is 15.5 Å². The molecule has 1 atom stereocenters. The Labute approximate surface area is 275 Å². The Morgan fingerprint density at radius 3 is 2.34 bits per heavy atom. The number of para-hydroxylation sites is 1. The van der Waals surface area contributed by atoms with Crippen LogP contribution in [-0.4, -0.2) is 115 Å². The van der Waals surface area contributed by atoms with Crippen molar-refractivity contribution in [2.45, 2.75) is 45.6 Å². The topological polar surface area (TPSA) is 71.9 Å². The monoisotopic (exact) mass is 652 g/mol.